The summed E-state index contributed by atoms with van der Waals surface area (Å²) in [7, 11) is 0. The molecule has 3 heterocycles. The molecule has 284 valence electrons. The molecule has 0 saturated carbocycles. The molecule has 8 aromatic rings. The fourth-order valence-corrected chi connectivity index (χ4v) is 11.4. The first-order chi connectivity index (χ1) is 27.4. The predicted octanol–water partition coefficient (Wildman–Crippen LogP) is 14.1. The quantitative estimate of drug-likeness (QED) is 0.148. The minimum Gasteiger partial charge on any atom is -0.309 e. The lowest BCUT2D eigenvalue weighted by molar-refractivity contribution is -0.728. The van der Waals surface area contributed by atoms with Crippen molar-refractivity contribution in [1.29, 1.82) is 0 Å². The Labute approximate surface area is 338 Å². The maximum absolute atomic E-state index is 2.78. The molecule has 3 heteroatoms. The first-order valence-electron chi connectivity index (χ1n) is 21.0. The van der Waals surface area contributed by atoms with E-state index in [2.05, 4.69) is 215 Å². The number of anilines is 3. The summed E-state index contributed by atoms with van der Waals surface area (Å²) in [4.78, 5) is 2.51. The third-order valence-electron chi connectivity index (χ3n) is 14.6. The Morgan fingerprint density at radius 3 is 1.86 bits per heavy atom. The van der Waals surface area contributed by atoms with Crippen LogP contribution in [0.1, 0.15) is 91.3 Å². The highest BCUT2D eigenvalue weighted by Crippen LogP contribution is 2.55. The van der Waals surface area contributed by atoms with Gasteiger partial charge in [-0.2, -0.15) is 4.40 Å². The monoisotopic (exact) mass is 744 g/mol. The molecule has 2 unspecified atom stereocenters. The van der Waals surface area contributed by atoms with Crippen molar-refractivity contribution in [3.05, 3.63) is 162 Å². The van der Waals surface area contributed by atoms with Crippen molar-refractivity contribution in [3.8, 4) is 22.3 Å². The Balaban J connectivity index is 1.31. The number of hydrogen-bond donors (Lipinski definition) is 0. The van der Waals surface area contributed by atoms with E-state index in [-0.39, 0.29) is 21.8 Å². The predicted molar refractivity (Wildman–Crippen MR) is 240 cm³/mol. The second-order valence-corrected chi connectivity index (χ2v) is 18.5. The molecule has 0 N–H and O–H groups in total. The van der Waals surface area contributed by atoms with Crippen LogP contribution < -0.4 is 9.47 Å². The largest absolute Gasteiger partial charge is 0.309 e. The number of benzene rings is 6. The normalized spacial score (nSPS) is 20.4. The van der Waals surface area contributed by atoms with Gasteiger partial charge in [-0.15, -0.1) is 0 Å². The smallest absolute Gasteiger partial charge is 0.296 e. The van der Waals surface area contributed by atoms with Gasteiger partial charge in [0, 0.05) is 22.1 Å². The van der Waals surface area contributed by atoms with Crippen molar-refractivity contribution >= 4 is 44.5 Å². The molecule has 0 radical (unpaired) electrons. The lowest BCUT2D eigenvalue weighted by Crippen LogP contribution is -2.66. The van der Waals surface area contributed by atoms with Crippen LogP contribution in [0.2, 0.25) is 0 Å². The highest BCUT2D eigenvalue weighted by atomic mass is 15.2. The summed E-state index contributed by atoms with van der Waals surface area (Å²) in [6.07, 6.45) is 5.60. The van der Waals surface area contributed by atoms with E-state index in [1.165, 1.54) is 72.1 Å². The van der Waals surface area contributed by atoms with E-state index in [9.17, 15) is 0 Å². The standard InChI is InChI=1S/C54H54N3/c1-9-53(7)42-29-30-46(56(39-27-25-37(26-28-39)36-19-13-11-14-20-36)45-24-18-17-23-40(45)38-21-15-12-16-22-38)41-31-32-55-47-33-43-44(52(5,6)35-51(43,3)4)34-48(47)57(50(55)49(41)42)54(53,8)10-2/h11-34H,9-10,35H2,1-8H3/q+1. The number of fused-ring (bicyclic) bond motifs is 4. The first-order valence-corrected chi connectivity index (χ1v) is 21.0. The van der Waals surface area contributed by atoms with Crippen LogP contribution in [0.25, 0.3) is 49.7 Å². The second kappa shape index (κ2) is 12.4. The van der Waals surface area contributed by atoms with Crippen LogP contribution in [0.3, 0.4) is 0 Å². The Morgan fingerprint density at radius 1 is 0.579 bits per heavy atom. The summed E-state index contributed by atoms with van der Waals surface area (Å²) < 4.78 is 5.32. The average molecular weight is 745 g/mol. The maximum Gasteiger partial charge on any atom is 0.296 e. The van der Waals surface area contributed by atoms with E-state index in [1.54, 1.807) is 0 Å². The van der Waals surface area contributed by atoms with Crippen LogP contribution in [0.4, 0.5) is 17.1 Å². The van der Waals surface area contributed by atoms with Gasteiger partial charge in [-0.05, 0) is 113 Å². The zero-order chi connectivity index (χ0) is 39.5. The molecular formula is C54H54N3+. The van der Waals surface area contributed by atoms with E-state index in [0.717, 1.165) is 30.6 Å². The lowest BCUT2D eigenvalue weighted by Gasteiger charge is -2.47. The van der Waals surface area contributed by atoms with Gasteiger partial charge in [0.25, 0.3) is 5.65 Å². The molecule has 10 rings (SSSR count). The third-order valence-corrected chi connectivity index (χ3v) is 14.6. The van der Waals surface area contributed by atoms with Gasteiger partial charge in [0.05, 0.1) is 23.0 Å². The van der Waals surface area contributed by atoms with Crippen LogP contribution in [0.15, 0.2) is 146 Å². The molecular weight excluding hydrogens is 691 g/mol. The van der Waals surface area contributed by atoms with Crippen LogP contribution in [-0.2, 0) is 21.8 Å². The molecule has 0 amide bonds. The number of nitrogens with zero attached hydrogens (tertiary/aromatic N) is 3. The fraction of sp³-hybridized carbons (Fsp3) is 0.278. The van der Waals surface area contributed by atoms with Gasteiger partial charge in [-0.25, -0.2) is 4.57 Å². The SMILES string of the molecule is CCC1(C)c2ccc(N(c3ccc(-c4ccccc4)cc3)c3ccccc3-c3ccccc3)c3ccn4c5cc6c(cc5[n+](c4c23)C1(C)CC)C(C)(C)CC6(C)C. The molecule has 6 aromatic carbocycles. The van der Waals surface area contributed by atoms with Crippen molar-refractivity contribution < 1.29 is 4.57 Å². The Bertz CT molecular complexity index is 2860. The first kappa shape index (κ1) is 35.7. The van der Waals surface area contributed by atoms with Crippen molar-refractivity contribution in [3.63, 3.8) is 0 Å². The fourth-order valence-electron chi connectivity index (χ4n) is 11.4. The Hall–Kier alpha value is -5.67. The zero-order valence-electron chi connectivity index (χ0n) is 34.8. The number of hydrogen-bond acceptors (Lipinski definition) is 1. The zero-order valence-corrected chi connectivity index (χ0v) is 34.8. The van der Waals surface area contributed by atoms with Gasteiger partial charge in [0.15, 0.2) is 11.0 Å². The van der Waals surface area contributed by atoms with E-state index in [1.807, 2.05) is 0 Å². The highest BCUT2D eigenvalue weighted by molar-refractivity contribution is 6.08. The van der Waals surface area contributed by atoms with Crippen LogP contribution in [-0.4, -0.2) is 4.40 Å². The van der Waals surface area contributed by atoms with E-state index in [0.29, 0.717) is 0 Å². The van der Waals surface area contributed by atoms with Crippen molar-refractivity contribution in [2.45, 2.75) is 96.4 Å². The summed E-state index contributed by atoms with van der Waals surface area (Å²) in [6.45, 7) is 19.6. The summed E-state index contributed by atoms with van der Waals surface area (Å²) in [5.74, 6) is 0. The van der Waals surface area contributed by atoms with E-state index < -0.39 is 0 Å². The topological polar surface area (TPSA) is 11.5 Å². The Kier molecular flexibility index (Phi) is 7.78. The van der Waals surface area contributed by atoms with E-state index in [4.69, 9.17) is 0 Å². The minimum absolute atomic E-state index is 0.107. The van der Waals surface area contributed by atoms with Gasteiger partial charge in [-0.3, -0.25) is 0 Å². The number of pyridine rings is 1. The summed E-state index contributed by atoms with van der Waals surface area (Å²) in [5.41, 5.74) is 16.7. The molecule has 57 heavy (non-hydrogen) atoms. The van der Waals surface area contributed by atoms with E-state index >= 15 is 0 Å². The molecule has 3 nitrogen and oxygen atoms in total. The molecule has 0 spiro atoms. The number of imidazole rings is 1. The van der Waals surface area contributed by atoms with Crippen molar-refractivity contribution in [2.75, 3.05) is 4.90 Å². The highest BCUT2D eigenvalue weighted by Gasteiger charge is 2.55. The van der Waals surface area contributed by atoms with Gasteiger partial charge in [0.1, 0.15) is 5.54 Å². The molecule has 1 aliphatic carbocycles. The van der Waals surface area contributed by atoms with Crippen molar-refractivity contribution in [1.82, 2.24) is 4.40 Å². The Morgan fingerprint density at radius 2 is 1.19 bits per heavy atom. The molecule has 2 aromatic heterocycles. The van der Waals surface area contributed by atoms with Crippen LogP contribution >= 0.6 is 0 Å². The average Bonchev–Trinajstić information content (AvgIpc) is 3.66. The second-order valence-electron chi connectivity index (χ2n) is 18.5. The lowest BCUT2D eigenvalue weighted by atomic mass is 9.61. The molecule has 2 atom stereocenters. The minimum atomic E-state index is -0.142. The molecule has 2 aliphatic rings. The molecule has 0 saturated heterocycles. The van der Waals surface area contributed by atoms with Crippen LogP contribution in [0.5, 0.6) is 0 Å². The molecule has 0 fully saturated rings. The summed E-state index contributed by atoms with van der Waals surface area (Å²) in [5, 5.41) is 2.64. The summed E-state index contributed by atoms with van der Waals surface area (Å²) in [6, 6.07) is 52.1. The van der Waals surface area contributed by atoms with Gasteiger partial charge >= 0.3 is 0 Å². The van der Waals surface area contributed by atoms with Gasteiger partial charge in [-0.1, -0.05) is 146 Å². The maximum atomic E-state index is 2.78. The van der Waals surface area contributed by atoms with Gasteiger partial charge < -0.3 is 4.90 Å². The molecule has 1 aliphatic heterocycles. The van der Waals surface area contributed by atoms with Crippen molar-refractivity contribution in [2.24, 2.45) is 0 Å². The van der Waals surface area contributed by atoms with Gasteiger partial charge in [0.2, 0.25) is 0 Å². The third kappa shape index (κ3) is 4.94. The number of rotatable bonds is 7. The number of para-hydroxylation sites is 1. The summed E-state index contributed by atoms with van der Waals surface area (Å²) >= 11 is 0. The van der Waals surface area contributed by atoms with Crippen LogP contribution in [0, 0.1) is 0 Å². The number of aromatic nitrogens is 2. The molecule has 0 bridgehead atoms.